The highest BCUT2D eigenvalue weighted by molar-refractivity contribution is 5.48. The molecule has 0 N–H and O–H groups in total. The summed E-state index contributed by atoms with van der Waals surface area (Å²) in [4.78, 5) is 4.62. The molecule has 0 unspecified atom stereocenters. The average Bonchev–Trinajstić information content (AvgIpc) is 3.18. The van der Waals surface area contributed by atoms with Crippen LogP contribution in [0, 0.1) is 6.92 Å². The van der Waals surface area contributed by atoms with Crippen LogP contribution in [0.4, 0.5) is 5.82 Å². The van der Waals surface area contributed by atoms with Gasteiger partial charge in [-0.1, -0.05) is 5.16 Å². The summed E-state index contributed by atoms with van der Waals surface area (Å²) in [6.45, 7) is 4.66. The van der Waals surface area contributed by atoms with Crippen LogP contribution in [0.3, 0.4) is 0 Å². The first kappa shape index (κ1) is 14.8. The fourth-order valence-electron chi connectivity index (χ4n) is 3.36. The molecular formula is C17H21N7O. The lowest BCUT2D eigenvalue weighted by atomic mass is 10.1. The lowest BCUT2D eigenvalue weighted by molar-refractivity contribution is 0.191. The van der Waals surface area contributed by atoms with E-state index in [1.165, 1.54) is 12.8 Å². The second-order valence-corrected chi connectivity index (χ2v) is 7.20. The minimum atomic E-state index is 0.498. The van der Waals surface area contributed by atoms with Crippen molar-refractivity contribution in [3.05, 3.63) is 35.5 Å². The molecule has 0 atom stereocenters. The number of hydrogen-bond acceptors (Lipinski definition) is 7. The van der Waals surface area contributed by atoms with E-state index >= 15 is 0 Å². The van der Waals surface area contributed by atoms with E-state index < -0.39 is 0 Å². The van der Waals surface area contributed by atoms with Crippen molar-refractivity contribution in [3.8, 4) is 0 Å². The molecule has 0 radical (unpaired) electrons. The number of nitrogens with zero attached hydrogens (tertiary/aromatic N) is 7. The second-order valence-electron chi connectivity index (χ2n) is 7.20. The van der Waals surface area contributed by atoms with Crippen molar-refractivity contribution in [3.63, 3.8) is 0 Å². The van der Waals surface area contributed by atoms with Crippen molar-refractivity contribution >= 4 is 11.5 Å². The summed E-state index contributed by atoms with van der Waals surface area (Å²) in [5.41, 5.74) is 1.82. The number of aromatic nitrogens is 5. The summed E-state index contributed by atoms with van der Waals surface area (Å²) in [5.74, 6) is 3.40. The molecule has 1 saturated carbocycles. The van der Waals surface area contributed by atoms with E-state index in [1.54, 1.807) is 0 Å². The smallest absolute Gasteiger partial charge is 0.178 e. The van der Waals surface area contributed by atoms with Gasteiger partial charge in [0.1, 0.15) is 11.6 Å². The molecule has 0 bridgehead atoms. The van der Waals surface area contributed by atoms with Crippen molar-refractivity contribution in [1.82, 2.24) is 29.9 Å². The molecule has 0 aromatic carbocycles. The second kappa shape index (κ2) is 5.52. The van der Waals surface area contributed by atoms with Crippen LogP contribution < -0.4 is 4.90 Å². The minimum Gasteiger partial charge on any atom is -0.361 e. The molecule has 5 rings (SSSR count). The van der Waals surface area contributed by atoms with Gasteiger partial charge in [0.05, 0.1) is 5.69 Å². The molecule has 8 nitrogen and oxygen atoms in total. The van der Waals surface area contributed by atoms with Gasteiger partial charge < -0.3 is 9.42 Å². The Morgan fingerprint density at radius 3 is 2.80 bits per heavy atom. The van der Waals surface area contributed by atoms with E-state index in [4.69, 9.17) is 9.62 Å². The zero-order valence-corrected chi connectivity index (χ0v) is 14.5. The topological polar surface area (TPSA) is 75.6 Å². The van der Waals surface area contributed by atoms with Gasteiger partial charge in [-0.05, 0) is 38.9 Å². The average molecular weight is 339 g/mol. The van der Waals surface area contributed by atoms with E-state index in [9.17, 15) is 0 Å². The van der Waals surface area contributed by atoms with Crippen LogP contribution in [0.1, 0.15) is 36.0 Å². The first-order valence-corrected chi connectivity index (χ1v) is 8.77. The zero-order chi connectivity index (χ0) is 17.0. The van der Waals surface area contributed by atoms with Gasteiger partial charge in [-0.3, -0.25) is 4.90 Å². The molecular weight excluding hydrogens is 318 g/mol. The molecule has 1 aliphatic heterocycles. The quantitative estimate of drug-likeness (QED) is 0.699. The van der Waals surface area contributed by atoms with Crippen LogP contribution in [0.15, 0.2) is 22.7 Å². The van der Waals surface area contributed by atoms with E-state index in [1.807, 2.05) is 29.6 Å². The summed E-state index contributed by atoms with van der Waals surface area (Å²) in [5, 5.41) is 17.4. The number of aryl methyl sites for hydroxylation is 1. The monoisotopic (exact) mass is 339 g/mol. The summed E-state index contributed by atoms with van der Waals surface area (Å²) >= 11 is 0. The number of fused-ring (bicyclic) bond motifs is 1. The molecule has 0 amide bonds. The molecule has 1 saturated heterocycles. The third kappa shape index (κ3) is 2.66. The maximum absolute atomic E-state index is 5.14. The van der Waals surface area contributed by atoms with Crippen LogP contribution in [0.25, 0.3) is 5.65 Å². The first-order valence-electron chi connectivity index (χ1n) is 8.77. The highest BCUT2D eigenvalue weighted by atomic mass is 16.5. The zero-order valence-electron chi connectivity index (χ0n) is 14.5. The molecule has 2 fully saturated rings. The van der Waals surface area contributed by atoms with E-state index in [-0.39, 0.29) is 0 Å². The number of likely N-dealkylation sites (N-methyl/N-ethyl adjacent to an activating group) is 1. The Morgan fingerprint density at radius 2 is 2.08 bits per heavy atom. The molecule has 1 aliphatic carbocycles. The highest BCUT2D eigenvalue weighted by Crippen LogP contribution is 2.38. The number of rotatable bonds is 5. The predicted molar refractivity (Wildman–Crippen MR) is 91.5 cm³/mol. The van der Waals surface area contributed by atoms with Crippen LogP contribution >= 0.6 is 0 Å². The fraction of sp³-hybridized carbons (Fsp3) is 0.529. The number of anilines is 1. The van der Waals surface area contributed by atoms with Crippen LogP contribution in [-0.2, 0) is 6.54 Å². The summed E-state index contributed by atoms with van der Waals surface area (Å²) in [6.07, 6.45) is 2.40. The number of hydrogen-bond donors (Lipinski definition) is 0. The third-order valence-electron chi connectivity index (χ3n) is 5.11. The normalized spacial score (nSPS) is 18.3. The molecule has 130 valence electrons. The van der Waals surface area contributed by atoms with Crippen molar-refractivity contribution in [1.29, 1.82) is 0 Å². The SMILES string of the molecule is Cc1cc(CN(C)C2CN(c3ccc4nnc(C5CC5)n4n3)C2)no1. The van der Waals surface area contributed by atoms with Crippen LogP contribution in [-0.4, -0.2) is 56.0 Å². The van der Waals surface area contributed by atoms with Gasteiger partial charge in [0.15, 0.2) is 11.5 Å². The Bertz CT molecular complexity index is 907. The molecule has 3 aromatic rings. The predicted octanol–water partition coefficient (Wildman–Crippen LogP) is 1.62. The molecule has 25 heavy (non-hydrogen) atoms. The Kier molecular flexibility index (Phi) is 3.27. The fourth-order valence-corrected chi connectivity index (χ4v) is 3.36. The third-order valence-corrected chi connectivity index (χ3v) is 5.11. The molecule has 3 aromatic heterocycles. The van der Waals surface area contributed by atoms with Crippen LogP contribution in [0.2, 0.25) is 0 Å². The van der Waals surface area contributed by atoms with Crippen molar-refractivity contribution in [2.24, 2.45) is 0 Å². The molecule has 2 aliphatic rings. The highest BCUT2D eigenvalue weighted by Gasteiger charge is 2.33. The molecule has 4 heterocycles. The largest absolute Gasteiger partial charge is 0.361 e. The van der Waals surface area contributed by atoms with Crippen LogP contribution in [0.5, 0.6) is 0 Å². The Hall–Kier alpha value is -2.48. The summed E-state index contributed by atoms with van der Waals surface area (Å²) in [6, 6.07) is 6.54. The molecule has 0 spiro atoms. The first-order chi connectivity index (χ1) is 12.2. The van der Waals surface area contributed by atoms with Gasteiger partial charge in [0, 0.05) is 37.7 Å². The van der Waals surface area contributed by atoms with E-state index in [0.717, 1.165) is 48.4 Å². The van der Waals surface area contributed by atoms with Gasteiger partial charge in [0.25, 0.3) is 0 Å². The Labute approximate surface area is 145 Å². The van der Waals surface area contributed by atoms with Crippen molar-refractivity contribution in [2.45, 2.75) is 38.3 Å². The maximum atomic E-state index is 5.14. The van der Waals surface area contributed by atoms with Gasteiger partial charge in [-0.25, -0.2) is 0 Å². The Morgan fingerprint density at radius 1 is 1.24 bits per heavy atom. The van der Waals surface area contributed by atoms with E-state index in [2.05, 4.69) is 32.2 Å². The van der Waals surface area contributed by atoms with E-state index in [0.29, 0.717) is 12.0 Å². The lowest BCUT2D eigenvalue weighted by Gasteiger charge is -2.44. The van der Waals surface area contributed by atoms with Gasteiger partial charge >= 0.3 is 0 Å². The van der Waals surface area contributed by atoms with Gasteiger partial charge in [0.2, 0.25) is 0 Å². The summed E-state index contributed by atoms with van der Waals surface area (Å²) in [7, 11) is 2.13. The van der Waals surface area contributed by atoms with Gasteiger partial charge in [-0.15, -0.1) is 15.3 Å². The Balaban J connectivity index is 1.26. The van der Waals surface area contributed by atoms with Crippen molar-refractivity contribution < 1.29 is 4.52 Å². The van der Waals surface area contributed by atoms with Crippen molar-refractivity contribution in [2.75, 3.05) is 25.0 Å². The summed E-state index contributed by atoms with van der Waals surface area (Å²) < 4.78 is 7.06. The maximum Gasteiger partial charge on any atom is 0.178 e. The standard InChI is InChI=1S/C17H21N7O/c1-11-7-13(21-25-11)8-22(2)14-9-23(10-14)16-6-5-15-18-19-17(12-3-4-12)24(15)20-16/h5-7,12,14H,3-4,8-10H2,1-2H3. The lowest BCUT2D eigenvalue weighted by Crippen LogP contribution is -2.58. The van der Waals surface area contributed by atoms with Gasteiger partial charge in [-0.2, -0.15) is 4.52 Å². The minimum absolute atomic E-state index is 0.498. The molecule has 8 heteroatoms.